The van der Waals surface area contributed by atoms with Gasteiger partial charge in [-0.05, 0) is 54.1 Å². The molecule has 0 bridgehead atoms. The van der Waals surface area contributed by atoms with Crippen LogP contribution in [-0.2, 0) is 16.6 Å². The maximum absolute atomic E-state index is 12.3. The van der Waals surface area contributed by atoms with Crippen LogP contribution in [-0.4, -0.2) is 26.7 Å². The van der Waals surface area contributed by atoms with E-state index in [2.05, 4.69) is 9.93 Å². The van der Waals surface area contributed by atoms with Crippen molar-refractivity contribution in [3.8, 4) is 11.5 Å². The molecule has 1 N–H and O–H groups in total. The molecule has 3 rings (SSSR count). The number of para-hydroxylation sites is 2. The number of nitro benzene ring substituents is 1. The van der Waals surface area contributed by atoms with Crippen LogP contribution in [0.15, 0.2) is 76.7 Å². The van der Waals surface area contributed by atoms with Gasteiger partial charge in [0.25, 0.3) is 10.0 Å². The summed E-state index contributed by atoms with van der Waals surface area (Å²) in [5.74, 6) is 0.622. The van der Waals surface area contributed by atoms with Crippen molar-refractivity contribution in [3.63, 3.8) is 0 Å². The highest BCUT2D eigenvalue weighted by atomic mass is 35.5. The second-order valence-corrected chi connectivity index (χ2v) is 8.49. The van der Waals surface area contributed by atoms with Gasteiger partial charge >= 0.3 is 5.69 Å². The van der Waals surface area contributed by atoms with Gasteiger partial charge in [-0.15, -0.1) is 0 Å². The average Bonchev–Trinajstić information content (AvgIpc) is 2.78. The van der Waals surface area contributed by atoms with Crippen molar-refractivity contribution in [3.05, 3.63) is 93.0 Å². The molecular formula is C21H18ClN3O6S. The molecule has 0 amide bonds. The third-order valence-corrected chi connectivity index (χ3v) is 5.75. The molecule has 0 aliphatic heterocycles. The summed E-state index contributed by atoms with van der Waals surface area (Å²) in [6.45, 7) is -0.00773. The molecule has 11 heteroatoms. The standard InChI is InChI=1S/C21H18ClN3O6S/c1-30-20-11-6-15(13-23-24-32(28,29)18-9-7-17(22)8-10-18)12-16(20)14-31-21-5-3-2-4-19(21)25(26)27/h2-13,24H,14H2,1H3/b23-13+. The van der Waals surface area contributed by atoms with Gasteiger partial charge in [0.15, 0.2) is 5.75 Å². The van der Waals surface area contributed by atoms with Gasteiger partial charge in [-0.2, -0.15) is 13.5 Å². The van der Waals surface area contributed by atoms with Crippen molar-refractivity contribution in [1.82, 2.24) is 4.83 Å². The van der Waals surface area contributed by atoms with Crippen molar-refractivity contribution in [1.29, 1.82) is 0 Å². The molecule has 0 aliphatic rings. The molecule has 3 aromatic carbocycles. The van der Waals surface area contributed by atoms with E-state index < -0.39 is 14.9 Å². The number of nitrogens with one attached hydrogen (secondary N) is 1. The molecule has 0 aliphatic carbocycles. The molecule has 9 nitrogen and oxygen atoms in total. The lowest BCUT2D eigenvalue weighted by atomic mass is 10.1. The Labute approximate surface area is 189 Å². The minimum Gasteiger partial charge on any atom is -0.496 e. The molecule has 3 aromatic rings. The molecule has 32 heavy (non-hydrogen) atoms. The zero-order valence-electron chi connectivity index (χ0n) is 16.8. The highest BCUT2D eigenvalue weighted by Gasteiger charge is 2.15. The second kappa shape index (κ2) is 10.1. The van der Waals surface area contributed by atoms with Crippen LogP contribution < -0.4 is 14.3 Å². The van der Waals surface area contributed by atoms with Crippen molar-refractivity contribution in [2.75, 3.05) is 7.11 Å². The number of sulfonamides is 1. The van der Waals surface area contributed by atoms with Crippen LogP contribution in [0.3, 0.4) is 0 Å². The summed E-state index contributed by atoms with van der Waals surface area (Å²) in [5, 5.41) is 15.4. The highest BCUT2D eigenvalue weighted by molar-refractivity contribution is 7.89. The first-order valence-electron chi connectivity index (χ1n) is 9.14. The molecule has 0 saturated heterocycles. The summed E-state index contributed by atoms with van der Waals surface area (Å²) in [6.07, 6.45) is 1.32. The Morgan fingerprint density at radius 3 is 2.50 bits per heavy atom. The number of halogens is 1. The van der Waals surface area contributed by atoms with E-state index in [1.165, 1.54) is 49.7 Å². The fourth-order valence-corrected chi connectivity index (χ4v) is 3.63. The van der Waals surface area contributed by atoms with Gasteiger partial charge in [0.2, 0.25) is 0 Å². The third kappa shape index (κ3) is 5.74. The van der Waals surface area contributed by atoms with E-state index in [9.17, 15) is 18.5 Å². The van der Waals surface area contributed by atoms with Crippen LogP contribution >= 0.6 is 11.6 Å². The number of ether oxygens (including phenoxy) is 2. The molecule has 0 radical (unpaired) electrons. The zero-order chi connectivity index (χ0) is 23.1. The van der Waals surface area contributed by atoms with Crippen LogP contribution in [0.5, 0.6) is 11.5 Å². The number of hydrogen-bond donors (Lipinski definition) is 1. The monoisotopic (exact) mass is 475 g/mol. The first kappa shape index (κ1) is 23.0. The Bertz CT molecular complexity index is 1250. The van der Waals surface area contributed by atoms with E-state index in [0.717, 1.165) is 0 Å². The van der Waals surface area contributed by atoms with E-state index in [1.54, 1.807) is 30.3 Å². The normalized spacial score (nSPS) is 11.3. The quantitative estimate of drug-likeness (QED) is 0.282. The van der Waals surface area contributed by atoms with Crippen LogP contribution in [0.2, 0.25) is 5.02 Å². The number of rotatable bonds is 9. The van der Waals surface area contributed by atoms with Gasteiger partial charge in [0.1, 0.15) is 12.4 Å². The summed E-state index contributed by atoms with van der Waals surface area (Å²) in [4.78, 5) is 12.8. The minimum absolute atomic E-state index is 0.00773. The van der Waals surface area contributed by atoms with Crippen LogP contribution in [0.25, 0.3) is 0 Å². The van der Waals surface area contributed by atoms with Crippen molar-refractivity contribution < 1.29 is 22.8 Å². The Morgan fingerprint density at radius 2 is 1.81 bits per heavy atom. The molecule has 0 heterocycles. The second-order valence-electron chi connectivity index (χ2n) is 6.39. The van der Waals surface area contributed by atoms with Gasteiger partial charge in [0, 0.05) is 16.7 Å². The van der Waals surface area contributed by atoms with Crippen molar-refractivity contribution in [2.24, 2.45) is 5.10 Å². The van der Waals surface area contributed by atoms with E-state index in [0.29, 0.717) is 21.9 Å². The minimum atomic E-state index is -3.85. The molecule has 0 spiro atoms. The van der Waals surface area contributed by atoms with Crippen molar-refractivity contribution >= 4 is 33.5 Å². The number of nitrogens with zero attached hydrogens (tertiary/aromatic N) is 2. The molecule has 0 fully saturated rings. The predicted octanol–water partition coefficient (Wildman–Crippen LogP) is 4.15. The van der Waals surface area contributed by atoms with Gasteiger partial charge in [-0.1, -0.05) is 23.7 Å². The largest absolute Gasteiger partial charge is 0.496 e. The first-order chi connectivity index (χ1) is 15.3. The fourth-order valence-electron chi connectivity index (χ4n) is 2.71. The topological polar surface area (TPSA) is 120 Å². The summed E-state index contributed by atoms with van der Waals surface area (Å²) in [6, 6.07) is 16.7. The first-order valence-corrected chi connectivity index (χ1v) is 11.0. The van der Waals surface area contributed by atoms with Crippen LogP contribution in [0.1, 0.15) is 11.1 Å². The SMILES string of the molecule is COc1ccc(/C=N/NS(=O)(=O)c2ccc(Cl)cc2)cc1COc1ccccc1[N+](=O)[O-]. The Balaban J connectivity index is 1.74. The van der Waals surface area contributed by atoms with Crippen LogP contribution in [0.4, 0.5) is 5.69 Å². The third-order valence-electron chi connectivity index (χ3n) is 4.26. The smallest absolute Gasteiger partial charge is 0.310 e. The Morgan fingerprint density at radius 1 is 1.09 bits per heavy atom. The lowest BCUT2D eigenvalue weighted by Gasteiger charge is -2.11. The summed E-state index contributed by atoms with van der Waals surface area (Å²) >= 11 is 5.78. The Kier molecular flexibility index (Phi) is 7.29. The van der Waals surface area contributed by atoms with E-state index in [-0.39, 0.29) is 22.9 Å². The number of hydrogen-bond acceptors (Lipinski definition) is 7. The molecule has 0 unspecified atom stereocenters. The van der Waals surface area contributed by atoms with Gasteiger partial charge < -0.3 is 9.47 Å². The molecule has 166 valence electrons. The Hall–Kier alpha value is -3.63. The number of nitro groups is 1. The van der Waals surface area contributed by atoms with E-state index >= 15 is 0 Å². The molecule has 0 saturated carbocycles. The fraction of sp³-hybridized carbons (Fsp3) is 0.0952. The average molecular weight is 476 g/mol. The van der Waals surface area contributed by atoms with Crippen LogP contribution in [0, 0.1) is 10.1 Å². The lowest BCUT2D eigenvalue weighted by molar-refractivity contribution is -0.385. The number of benzene rings is 3. The number of hydrazone groups is 1. The predicted molar refractivity (Wildman–Crippen MR) is 120 cm³/mol. The lowest BCUT2D eigenvalue weighted by Crippen LogP contribution is -2.18. The zero-order valence-corrected chi connectivity index (χ0v) is 18.3. The van der Waals surface area contributed by atoms with E-state index in [1.807, 2.05) is 0 Å². The maximum Gasteiger partial charge on any atom is 0.310 e. The molecule has 0 aromatic heterocycles. The van der Waals surface area contributed by atoms with Gasteiger partial charge in [-0.25, -0.2) is 4.83 Å². The maximum atomic E-state index is 12.3. The highest BCUT2D eigenvalue weighted by Crippen LogP contribution is 2.28. The van der Waals surface area contributed by atoms with E-state index in [4.69, 9.17) is 21.1 Å². The molecule has 0 atom stereocenters. The van der Waals surface area contributed by atoms with Crippen molar-refractivity contribution in [2.45, 2.75) is 11.5 Å². The summed E-state index contributed by atoms with van der Waals surface area (Å²) < 4.78 is 35.5. The number of methoxy groups -OCH3 is 1. The molecular weight excluding hydrogens is 458 g/mol. The summed E-state index contributed by atoms with van der Waals surface area (Å²) in [7, 11) is -2.37. The van der Waals surface area contributed by atoms with Gasteiger partial charge in [0.05, 0.1) is 23.1 Å². The summed E-state index contributed by atoms with van der Waals surface area (Å²) in [5.41, 5.74) is 1.00. The van der Waals surface area contributed by atoms with Gasteiger partial charge in [-0.3, -0.25) is 10.1 Å².